The molecule has 128 valence electrons. The second-order valence-corrected chi connectivity index (χ2v) is 8.80. The molecule has 4 nitrogen and oxygen atoms in total. The summed E-state index contributed by atoms with van der Waals surface area (Å²) in [4.78, 5) is 2.48. The summed E-state index contributed by atoms with van der Waals surface area (Å²) in [5.74, 6) is 0.822. The molecular formula is C18H21NO3S2. The second-order valence-electron chi connectivity index (χ2n) is 5.71. The Balaban J connectivity index is 1.72. The van der Waals surface area contributed by atoms with Gasteiger partial charge in [-0.2, -0.15) is 4.31 Å². The molecule has 0 aliphatic carbocycles. The number of hydrogen-bond acceptors (Lipinski definition) is 4. The monoisotopic (exact) mass is 363 g/mol. The maximum Gasteiger partial charge on any atom is 0.243 e. The molecule has 1 fully saturated rings. The molecule has 1 saturated heterocycles. The minimum atomic E-state index is -3.35. The molecule has 0 amide bonds. The summed E-state index contributed by atoms with van der Waals surface area (Å²) in [7, 11) is -1.71. The van der Waals surface area contributed by atoms with Crippen LogP contribution in [0.3, 0.4) is 0 Å². The lowest BCUT2D eigenvalue weighted by molar-refractivity contribution is 0.346. The predicted octanol–water partition coefficient (Wildman–Crippen LogP) is 4.02. The largest absolute Gasteiger partial charge is 0.497 e. The molecule has 0 radical (unpaired) electrons. The van der Waals surface area contributed by atoms with Gasteiger partial charge >= 0.3 is 0 Å². The van der Waals surface area contributed by atoms with Gasteiger partial charge in [-0.3, -0.25) is 0 Å². The van der Waals surface area contributed by atoms with E-state index in [1.165, 1.54) is 0 Å². The van der Waals surface area contributed by atoms with Crippen LogP contribution in [0.1, 0.15) is 19.3 Å². The Kier molecular flexibility index (Phi) is 5.48. The number of benzene rings is 2. The van der Waals surface area contributed by atoms with Crippen molar-refractivity contribution >= 4 is 21.8 Å². The van der Waals surface area contributed by atoms with Crippen molar-refractivity contribution in [1.29, 1.82) is 0 Å². The molecule has 0 atom stereocenters. The number of hydrogen-bond donors (Lipinski definition) is 0. The van der Waals surface area contributed by atoms with E-state index < -0.39 is 10.0 Å². The summed E-state index contributed by atoms with van der Waals surface area (Å²) in [5, 5.41) is 0. The van der Waals surface area contributed by atoms with Gasteiger partial charge in [-0.25, -0.2) is 8.42 Å². The molecule has 1 aliphatic rings. The third kappa shape index (κ3) is 3.94. The highest BCUT2D eigenvalue weighted by atomic mass is 32.2. The van der Waals surface area contributed by atoms with E-state index in [0.29, 0.717) is 18.0 Å². The second kappa shape index (κ2) is 7.59. The quantitative estimate of drug-likeness (QED) is 0.805. The Morgan fingerprint density at radius 3 is 1.96 bits per heavy atom. The standard InChI is InChI=1S/C18H21NO3S2/c1-22-15-5-7-16(8-6-15)23-17-9-11-18(12-10-17)24(20,21)19-13-3-2-4-14-19/h5-12H,2-4,13-14H2,1H3. The van der Waals surface area contributed by atoms with Crippen molar-refractivity contribution in [2.45, 2.75) is 33.9 Å². The summed E-state index contributed by atoms with van der Waals surface area (Å²) in [6, 6.07) is 14.9. The van der Waals surface area contributed by atoms with Crippen LogP contribution in [0.2, 0.25) is 0 Å². The molecule has 24 heavy (non-hydrogen) atoms. The Bertz CT molecular complexity index is 765. The molecule has 0 bridgehead atoms. The molecule has 1 heterocycles. The van der Waals surface area contributed by atoms with Crippen LogP contribution in [0.4, 0.5) is 0 Å². The van der Waals surface area contributed by atoms with Gasteiger partial charge in [-0.1, -0.05) is 18.2 Å². The van der Waals surface area contributed by atoms with Crippen LogP contribution >= 0.6 is 11.8 Å². The maximum atomic E-state index is 12.6. The van der Waals surface area contributed by atoms with Gasteiger partial charge in [0.1, 0.15) is 5.75 Å². The third-order valence-electron chi connectivity index (χ3n) is 4.07. The molecule has 2 aromatic carbocycles. The summed E-state index contributed by atoms with van der Waals surface area (Å²) in [6.07, 6.45) is 3.01. The van der Waals surface area contributed by atoms with E-state index in [9.17, 15) is 8.42 Å². The van der Waals surface area contributed by atoms with Crippen molar-refractivity contribution in [2.24, 2.45) is 0 Å². The summed E-state index contributed by atoms with van der Waals surface area (Å²) in [6.45, 7) is 1.26. The van der Waals surface area contributed by atoms with Crippen molar-refractivity contribution in [3.63, 3.8) is 0 Å². The van der Waals surface area contributed by atoms with Crippen LogP contribution in [0.15, 0.2) is 63.2 Å². The van der Waals surface area contributed by atoms with Gasteiger partial charge in [0, 0.05) is 22.9 Å². The minimum absolute atomic E-state index is 0.378. The number of ether oxygens (including phenoxy) is 1. The first-order chi connectivity index (χ1) is 11.6. The van der Waals surface area contributed by atoms with E-state index in [1.807, 2.05) is 36.4 Å². The SMILES string of the molecule is COc1ccc(Sc2ccc(S(=O)(=O)N3CCCCC3)cc2)cc1. The lowest BCUT2D eigenvalue weighted by Gasteiger charge is -2.25. The highest BCUT2D eigenvalue weighted by molar-refractivity contribution is 7.99. The van der Waals surface area contributed by atoms with Crippen molar-refractivity contribution in [3.8, 4) is 5.75 Å². The molecule has 6 heteroatoms. The zero-order valence-electron chi connectivity index (χ0n) is 13.6. The Labute approximate surface area is 147 Å². The van der Waals surface area contributed by atoms with Crippen molar-refractivity contribution < 1.29 is 13.2 Å². The Hall–Kier alpha value is -1.50. The van der Waals surface area contributed by atoms with Crippen LogP contribution in [0.5, 0.6) is 5.75 Å². The van der Waals surface area contributed by atoms with E-state index in [0.717, 1.165) is 34.8 Å². The number of rotatable bonds is 5. The highest BCUT2D eigenvalue weighted by Gasteiger charge is 2.25. The van der Waals surface area contributed by atoms with Crippen LogP contribution in [-0.4, -0.2) is 32.9 Å². The summed E-state index contributed by atoms with van der Waals surface area (Å²) >= 11 is 1.60. The Morgan fingerprint density at radius 1 is 0.875 bits per heavy atom. The topological polar surface area (TPSA) is 46.6 Å². The predicted molar refractivity (Wildman–Crippen MR) is 96.2 cm³/mol. The zero-order valence-corrected chi connectivity index (χ0v) is 15.3. The number of sulfonamides is 1. The first-order valence-corrected chi connectivity index (χ1v) is 10.3. The van der Waals surface area contributed by atoms with Crippen LogP contribution in [0, 0.1) is 0 Å². The smallest absolute Gasteiger partial charge is 0.243 e. The number of methoxy groups -OCH3 is 1. The van der Waals surface area contributed by atoms with Crippen LogP contribution in [-0.2, 0) is 10.0 Å². The molecule has 0 saturated carbocycles. The lowest BCUT2D eigenvalue weighted by Crippen LogP contribution is -2.35. The fourth-order valence-corrected chi connectivity index (χ4v) is 5.05. The van der Waals surface area contributed by atoms with E-state index in [-0.39, 0.29) is 0 Å². The average molecular weight is 364 g/mol. The first-order valence-electron chi connectivity index (χ1n) is 8.02. The van der Waals surface area contributed by atoms with Crippen molar-refractivity contribution in [1.82, 2.24) is 4.31 Å². The maximum absolute atomic E-state index is 12.6. The third-order valence-corrected chi connectivity index (χ3v) is 7.00. The average Bonchev–Trinajstić information content (AvgIpc) is 2.63. The van der Waals surface area contributed by atoms with Gasteiger partial charge in [0.15, 0.2) is 0 Å². The van der Waals surface area contributed by atoms with Crippen LogP contribution in [0.25, 0.3) is 0 Å². The molecule has 2 aromatic rings. The normalized spacial score (nSPS) is 16.0. The van der Waals surface area contributed by atoms with Gasteiger partial charge < -0.3 is 4.74 Å². The van der Waals surface area contributed by atoms with Gasteiger partial charge in [-0.05, 0) is 61.4 Å². The molecule has 0 spiro atoms. The molecule has 0 unspecified atom stereocenters. The van der Waals surface area contributed by atoms with Crippen LogP contribution < -0.4 is 4.74 Å². The molecule has 0 aromatic heterocycles. The molecular weight excluding hydrogens is 342 g/mol. The van der Waals surface area contributed by atoms with E-state index in [4.69, 9.17) is 4.74 Å². The van der Waals surface area contributed by atoms with E-state index in [2.05, 4.69) is 0 Å². The van der Waals surface area contributed by atoms with Gasteiger partial charge in [-0.15, -0.1) is 0 Å². The fraction of sp³-hybridized carbons (Fsp3) is 0.333. The van der Waals surface area contributed by atoms with Gasteiger partial charge in [0.05, 0.1) is 12.0 Å². The number of nitrogens with zero attached hydrogens (tertiary/aromatic N) is 1. The molecule has 3 rings (SSSR count). The molecule has 0 N–H and O–H groups in total. The van der Waals surface area contributed by atoms with E-state index >= 15 is 0 Å². The zero-order chi connectivity index (χ0) is 17.0. The van der Waals surface area contributed by atoms with Crippen molar-refractivity contribution in [2.75, 3.05) is 20.2 Å². The van der Waals surface area contributed by atoms with E-state index in [1.54, 1.807) is 35.3 Å². The van der Waals surface area contributed by atoms with Gasteiger partial charge in [0.25, 0.3) is 0 Å². The Morgan fingerprint density at radius 2 is 1.42 bits per heavy atom. The summed E-state index contributed by atoms with van der Waals surface area (Å²) < 4.78 is 32.0. The summed E-state index contributed by atoms with van der Waals surface area (Å²) in [5.41, 5.74) is 0. The lowest BCUT2D eigenvalue weighted by atomic mass is 10.2. The molecule has 1 aliphatic heterocycles. The van der Waals surface area contributed by atoms with Crippen molar-refractivity contribution in [3.05, 3.63) is 48.5 Å². The first kappa shape index (κ1) is 17.3. The number of piperidine rings is 1. The van der Waals surface area contributed by atoms with Gasteiger partial charge in [0.2, 0.25) is 10.0 Å². The minimum Gasteiger partial charge on any atom is -0.497 e. The highest BCUT2D eigenvalue weighted by Crippen LogP contribution is 2.30. The fourth-order valence-electron chi connectivity index (χ4n) is 2.71.